The molecule has 1 N–H and O–H groups in total. The minimum Gasteiger partial charge on any atom is -0.384 e. The lowest BCUT2D eigenvalue weighted by molar-refractivity contribution is 0.325. The fourth-order valence-corrected chi connectivity index (χ4v) is 3.53. The smallest absolute Gasteiger partial charge is 0.0376 e. The van der Waals surface area contributed by atoms with E-state index in [1.165, 1.54) is 50.6 Å². The van der Waals surface area contributed by atoms with Crippen molar-refractivity contribution in [3.63, 3.8) is 0 Å². The van der Waals surface area contributed by atoms with Gasteiger partial charge >= 0.3 is 0 Å². The van der Waals surface area contributed by atoms with Crippen LogP contribution in [0.25, 0.3) is 0 Å². The molecule has 1 aromatic rings. The normalized spacial score (nSPS) is 24.4. The second-order valence-corrected chi connectivity index (χ2v) is 5.75. The first-order valence-corrected chi connectivity index (χ1v) is 7.26. The highest BCUT2D eigenvalue weighted by molar-refractivity contribution is 5.57. The lowest BCUT2D eigenvalue weighted by Gasteiger charge is -2.22. The van der Waals surface area contributed by atoms with Crippen molar-refractivity contribution < 1.29 is 0 Å². The van der Waals surface area contributed by atoms with E-state index < -0.39 is 0 Å². The first kappa shape index (κ1) is 11.1. The number of benzene rings is 1. The van der Waals surface area contributed by atoms with Crippen molar-refractivity contribution in [2.24, 2.45) is 5.92 Å². The first-order valence-electron chi connectivity index (χ1n) is 7.26. The van der Waals surface area contributed by atoms with E-state index in [0.717, 1.165) is 18.4 Å². The lowest BCUT2D eigenvalue weighted by Crippen LogP contribution is -2.09. The molecule has 2 aliphatic rings. The highest BCUT2D eigenvalue weighted by Gasteiger charge is 2.23. The van der Waals surface area contributed by atoms with Gasteiger partial charge in [-0.2, -0.15) is 0 Å². The van der Waals surface area contributed by atoms with Crippen LogP contribution < -0.4 is 5.32 Å². The zero-order valence-corrected chi connectivity index (χ0v) is 10.6. The van der Waals surface area contributed by atoms with Crippen LogP contribution in [0.1, 0.15) is 56.4 Å². The Morgan fingerprint density at radius 3 is 2.71 bits per heavy atom. The SMILES string of the molecule is c1ccc2c(c1)NCC2CCC1CCCCC1. The summed E-state index contributed by atoms with van der Waals surface area (Å²) in [6.07, 6.45) is 10.2. The largest absolute Gasteiger partial charge is 0.384 e. The standard InChI is InChI=1S/C16H23N/c1-2-6-13(7-3-1)10-11-14-12-17-16-9-5-4-8-15(14)16/h4-5,8-9,13-14,17H,1-3,6-7,10-12H2. The predicted molar refractivity (Wildman–Crippen MR) is 73.5 cm³/mol. The van der Waals surface area contributed by atoms with Gasteiger partial charge in [-0.1, -0.05) is 50.3 Å². The van der Waals surface area contributed by atoms with Crippen LogP contribution in [0, 0.1) is 5.92 Å². The molecule has 0 saturated heterocycles. The Morgan fingerprint density at radius 2 is 1.82 bits per heavy atom. The minimum absolute atomic E-state index is 0.771. The van der Waals surface area contributed by atoms with Gasteiger partial charge < -0.3 is 5.32 Å². The summed E-state index contributed by atoms with van der Waals surface area (Å²) in [6.45, 7) is 1.16. The summed E-state index contributed by atoms with van der Waals surface area (Å²) in [5, 5.41) is 3.54. The Bertz CT molecular complexity index is 366. The molecule has 0 amide bonds. The third kappa shape index (κ3) is 2.48. The summed E-state index contributed by atoms with van der Waals surface area (Å²) >= 11 is 0. The minimum atomic E-state index is 0.771. The summed E-state index contributed by atoms with van der Waals surface area (Å²) in [4.78, 5) is 0. The molecule has 1 saturated carbocycles. The van der Waals surface area contributed by atoms with E-state index in [9.17, 15) is 0 Å². The van der Waals surface area contributed by atoms with E-state index in [0.29, 0.717) is 0 Å². The number of hydrogen-bond donors (Lipinski definition) is 1. The monoisotopic (exact) mass is 229 g/mol. The van der Waals surface area contributed by atoms with Crippen molar-refractivity contribution in [2.45, 2.75) is 50.9 Å². The van der Waals surface area contributed by atoms with Crippen molar-refractivity contribution in [2.75, 3.05) is 11.9 Å². The molecule has 0 bridgehead atoms. The maximum absolute atomic E-state index is 3.54. The van der Waals surface area contributed by atoms with Gasteiger partial charge in [0.05, 0.1) is 0 Å². The number of para-hydroxylation sites is 1. The Labute approximate surface area is 105 Å². The van der Waals surface area contributed by atoms with Gasteiger partial charge in [0.25, 0.3) is 0 Å². The van der Waals surface area contributed by atoms with Gasteiger partial charge in [-0.3, -0.25) is 0 Å². The van der Waals surface area contributed by atoms with Crippen LogP contribution in [0.2, 0.25) is 0 Å². The average molecular weight is 229 g/mol. The lowest BCUT2D eigenvalue weighted by atomic mass is 9.83. The fourth-order valence-electron chi connectivity index (χ4n) is 3.53. The average Bonchev–Trinajstić information content (AvgIpc) is 2.81. The van der Waals surface area contributed by atoms with Crippen molar-refractivity contribution in [3.05, 3.63) is 29.8 Å². The molecule has 0 radical (unpaired) electrons. The molecule has 0 aromatic heterocycles. The second kappa shape index (κ2) is 5.12. The van der Waals surface area contributed by atoms with Gasteiger partial charge in [-0.05, 0) is 30.4 Å². The highest BCUT2D eigenvalue weighted by Crippen LogP contribution is 2.36. The Morgan fingerprint density at radius 1 is 1.00 bits per heavy atom. The van der Waals surface area contributed by atoms with Crippen LogP contribution in [0.4, 0.5) is 5.69 Å². The Kier molecular flexibility index (Phi) is 3.35. The van der Waals surface area contributed by atoms with E-state index in [1.807, 2.05) is 0 Å². The van der Waals surface area contributed by atoms with Gasteiger partial charge in [0.2, 0.25) is 0 Å². The van der Waals surface area contributed by atoms with E-state index in [2.05, 4.69) is 29.6 Å². The summed E-state index contributed by atoms with van der Waals surface area (Å²) < 4.78 is 0. The molecule has 1 nitrogen and oxygen atoms in total. The number of anilines is 1. The topological polar surface area (TPSA) is 12.0 Å². The molecule has 1 heteroatoms. The van der Waals surface area contributed by atoms with Crippen molar-refractivity contribution in [1.82, 2.24) is 0 Å². The number of fused-ring (bicyclic) bond motifs is 1. The highest BCUT2D eigenvalue weighted by atomic mass is 14.9. The Balaban J connectivity index is 1.56. The van der Waals surface area contributed by atoms with E-state index >= 15 is 0 Å². The molecular weight excluding hydrogens is 206 g/mol. The third-order valence-corrected chi connectivity index (χ3v) is 4.59. The summed E-state index contributed by atoms with van der Waals surface area (Å²) in [5.41, 5.74) is 2.93. The molecular formula is C16H23N. The van der Waals surface area contributed by atoms with Crippen LogP contribution in [-0.4, -0.2) is 6.54 Å². The summed E-state index contributed by atoms with van der Waals surface area (Å²) in [5.74, 6) is 1.80. The van der Waals surface area contributed by atoms with Crippen molar-refractivity contribution in [3.8, 4) is 0 Å². The van der Waals surface area contributed by atoms with Crippen molar-refractivity contribution >= 4 is 5.69 Å². The molecule has 1 fully saturated rings. The molecule has 1 aromatic carbocycles. The summed E-state index contributed by atoms with van der Waals surface area (Å²) in [6, 6.07) is 8.84. The summed E-state index contributed by atoms with van der Waals surface area (Å²) in [7, 11) is 0. The van der Waals surface area contributed by atoms with Crippen LogP contribution in [-0.2, 0) is 0 Å². The molecule has 1 unspecified atom stereocenters. The molecule has 1 atom stereocenters. The number of hydrogen-bond acceptors (Lipinski definition) is 1. The maximum atomic E-state index is 3.54. The fraction of sp³-hybridized carbons (Fsp3) is 0.625. The van der Waals surface area contributed by atoms with E-state index in [4.69, 9.17) is 0 Å². The number of rotatable bonds is 3. The van der Waals surface area contributed by atoms with E-state index in [1.54, 1.807) is 5.56 Å². The van der Waals surface area contributed by atoms with Gasteiger partial charge in [0, 0.05) is 18.2 Å². The van der Waals surface area contributed by atoms with Crippen LogP contribution in [0.5, 0.6) is 0 Å². The molecule has 92 valence electrons. The molecule has 1 aliphatic carbocycles. The quantitative estimate of drug-likeness (QED) is 0.801. The second-order valence-electron chi connectivity index (χ2n) is 5.75. The zero-order valence-electron chi connectivity index (χ0n) is 10.6. The number of nitrogens with one attached hydrogen (secondary N) is 1. The molecule has 1 heterocycles. The van der Waals surface area contributed by atoms with Gasteiger partial charge in [0.1, 0.15) is 0 Å². The van der Waals surface area contributed by atoms with Crippen LogP contribution in [0.3, 0.4) is 0 Å². The van der Waals surface area contributed by atoms with Crippen LogP contribution >= 0.6 is 0 Å². The predicted octanol–water partition coefficient (Wildman–Crippen LogP) is 4.56. The maximum Gasteiger partial charge on any atom is 0.0376 e. The van der Waals surface area contributed by atoms with Gasteiger partial charge in [-0.25, -0.2) is 0 Å². The molecule has 0 spiro atoms. The Hall–Kier alpha value is -0.980. The van der Waals surface area contributed by atoms with Crippen LogP contribution in [0.15, 0.2) is 24.3 Å². The van der Waals surface area contributed by atoms with Gasteiger partial charge in [0.15, 0.2) is 0 Å². The van der Waals surface area contributed by atoms with Gasteiger partial charge in [-0.15, -0.1) is 0 Å². The molecule has 3 rings (SSSR count). The van der Waals surface area contributed by atoms with E-state index in [-0.39, 0.29) is 0 Å². The third-order valence-electron chi connectivity index (χ3n) is 4.59. The van der Waals surface area contributed by atoms with Crippen molar-refractivity contribution in [1.29, 1.82) is 0 Å². The molecule has 17 heavy (non-hydrogen) atoms. The molecule has 1 aliphatic heterocycles. The first-order chi connectivity index (χ1) is 8.43. The zero-order chi connectivity index (χ0) is 11.5.